The summed E-state index contributed by atoms with van der Waals surface area (Å²) < 4.78 is 11.2. The van der Waals surface area contributed by atoms with E-state index in [1.165, 1.54) is 0 Å². The highest BCUT2D eigenvalue weighted by atomic mass is 16.6. The van der Waals surface area contributed by atoms with Gasteiger partial charge in [-0.05, 0) is 37.4 Å². The van der Waals surface area contributed by atoms with E-state index in [2.05, 4.69) is 15.2 Å². The number of nitrogens with two attached hydrogens (primary N) is 1. The standard InChI is InChI=1S/C19H22N4O4/c1-10(2)26-16-7-14-11(5-15(16)17(20)24)3-4-21-18(14)23-8-12-6-13(9-23)27-19(25)22-12/h3-5,7,10,12-13H,6,8-9H2,1-2H3,(H2,20,24)(H,22,25). The SMILES string of the molecule is CC(C)Oc1cc2c(N3CC4CC(C3)OC(=O)N4)nccc2cc1C(N)=O. The molecule has 2 bridgehead atoms. The van der Waals surface area contributed by atoms with Gasteiger partial charge in [-0.15, -0.1) is 0 Å². The van der Waals surface area contributed by atoms with Crippen LogP contribution in [0.4, 0.5) is 10.6 Å². The Morgan fingerprint density at radius 2 is 2.22 bits per heavy atom. The molecule has 4 rings (SSSR count). The summed E-state index contributed by atoms with van der Waals surface area (Å²) in [5.74, 6) is 0.683. The number of carbonyl (C=O) groups is 2. The van der Waals surface area contributed by atoms with E-state index in [0.29, 0.717) is 24.4 Å². The number of rotatable bonds is 4. The average Bonchev–Trinajstić information content (AvgIpc) is 2.58. The molecule has 3 N–H and O–H groups in total. The van der Waals surface area contributed by atoms with Crippen LogP contribution in [0.25, 0.3) is 10.8 Å². The lowest BCUT2D eigenvalue weighted by atomic mass is 10.00. The molecule has 2 atom stereocenters. The summed E-state index contributed by atoms with van der Waals surface area (Å²) in [6, 6.07) is 5.43. The molecular formula is C19H22N4O4. The highest BCUT2D eigenvalue weighted by molar-refractivity contribution is 6.03. The van der Waals surface area contributed by atoms with Crippen LogP contribution in [0.1, 0.15) is 30.6 Å². The van der Waals surface area contributed by atoms with E-state index in [-0.39, 0.29) is 24.3 Å². The van der Waals surface area contributed by atoms with Crippen LogP contribution >= 0.6 is 0 Å². The number of piperidine rings is 1. The smallest absolute Gasteiger partial charge is 0.407 e. The molecule has 1 aromatic carbocycles. The van der Waals surface area contributed by atoms with Gasteiger partial charge in [-0.3, -0.25) is 4.79 Å². The van der Waals surface area contributed by atoms with Gasteiger partial charge in [-0.25, -0.2) is 9.78 Å². The first kappa shape index (κ1) is 17.4. The monoisotopic (exact) mass is 370 g/mol. The average molecular weight is 370 g/mol. The zero-order chi connectivity index (χ0) is 19.1. The van der Waals surface area contributed by atoms with Crippen molar-refractivity contribution in [3.63, 3.8) is 0 Å². The molecule has 0 aliphatic carbocycles. The van der Waals surface area contributed by atoms with Gasteiger partial charge >= 0.3 is 6.09 Å². The van der Waals surface area contributed by atoms with E-state index in [0.717, 1.165) is 23.0 Å². The highest BCUT2D eigenvalue weighted by Gasteiger charge is 2.36. The molecule has 2 unspecified atom stereocenters. The number of aromatic nitrogens is 1. The summed E-state index contributed by atoms with van der Waals surface area (Å²) in [7, 11) is 0. The Morgan fingerprint density at radius 3 is 2.93 bits per heavy atom. The number of alkyl carbamates (subject to hydrolysis) is 1. The molecule has 3 heterocycles. The van der Waals surface area contributed by atoms with Crippen molar-refractivity contribution in [2.45, 2.75) is 38.5 Å². The molecule has 0 saturated carbocycles. The minimum atomic E-state index is -0.533. The molecule has 2 aliphatic rings. The Kier molecular flexibility index (Phi) is 4.25. The first-order valence-electron chi connectivity index (χ1n) is 9.02. The Bertz CT molecular complexity index is 898. The molecule has 2 aromatic rings. The number of carbonyl (C=O) groups excluding carboxylic acids is 2. The zero-order valence-corrected chi connectivity index (χ0v) is 15.3. The number of hydrogen-bond donors (Lipinski definition) is 2. The molecule has 8 heteroatoms. The van der Waals surface area contributed by atoms with Crippen LogP contribution in [0.2, 0.25) is 0 Å². The second kappa shape index (κ2) is 6.61. The number of fused-ring (bicyclic) bond motifs is 3. The number of nitrogens with zero attached hydrogens (tertiary/aromatic N) is 2. The van der Waals surface area contributed by atoms with Gasteiger partial charge in [-0.2, -0.15) is 0 Å². The second-order valence-corrected chi connectivity index (χ2v) is 7.24. The van der Waals surface area contributed by atoms with Gasteiger partial charge < -0.3 is 25.4 Å². The van der Waals surface area contributed by atoms with Gasteiger partial charge in [0.25, 0.3) is 5.91 Å². The predicted octanol–water partition coefficient (Wildman–Crippen LogP) is 1.81. The molecule has 2 fully saturated rings. The van der Waals surface area contributed by atoms with Gasteiger partial charge in [0.2, 0.25) is 0 Å². The quantitative estimate of drug-likeness (QED) is 0.850. The predicted molar refractivity (Wildman–Crippen MR) is 100 cm³/mol. The number of nitrogens with one attached hydrogen (secondary N) is 1. The topological polar surface area (TPSA) is 107 Å². The summed E-state index contributed by atoms with van der Waals surface area (Å²) in [5.41, 5.74) is 5.88. The Balaban J connectivity index is 1.77. The maximum Gasteiger partial charge on any atom is 0.407 e. The number of pyridine rings is 1. The summed E-state index contributed by atoms with van der Waals surface area (Å²) in [5, 5.41) is 4.56. The van der Waals surface area contributed by atoms with Crippen LogP contribution in [0.5, 0.6) is 5.75 Å². The van der Waals surface area contributed by atoms with Crippen molar-refractivity contribution in [1.82, 2.24) is 10.3 Å². The molecular weight excluding hydrogens is 348 g/mol. The zero-order valence-electron chi connectivity index (χ0n) is 15.3. The van der Waals surface area contributed by atoms with E-state index in [1.54, 1.807) is 12.3 Å². The van der Waals surface area contributed by atoms with E-state index >= 15 is 0 Å². The number of amides is 2. The third-order valence-electron chi connectivity index (χ3n) is 4.78. The first-order chi connectivity index (χ1) is 12.9. The third-order valence-corrected chi connectivity index (χ3v) is 4.78. The molecule has 0 radical (unpaired) electrons. The third kappa shape index (κ3) is 3.34. The minimum absolute atomic E-state index is 0.0262. The summed E-state index contributed by atoms with van der Waals surface area (Å²) in [6.07, 6.45) is 1.88. The van der Waals surface area contributed by atoms with Gasteiger partial charge in [0.15, 0.2) is 0 Å². The van der Waals surface area contributed by atoms with Crippen LogP contribution in [0, 0.1) is 0 Å². The first-order valence-corrected chi connectivity index (χ1v) is 9.02. The van der Waals surface area contributed by atoms with Crippen LogP contribution in [-0.4, -0.2) is 48.3 Å². The molecule has 0 spiro atoms. The van der Waals surface area contributed by atoms with E-state index < -0.39 is 5.91 Å². The Morgan fingerprint density at radius 1 is 1.41 bits per heavy atom. The molecule has 27 heavy (non-hydrogen) atoms. The second-order valence-electron chi connectivity index (χ2n) is 7.24. The van der Waals surface area contributed by atoms with Crippen LogP contribution in [0.15, 0.2) is 24.4 Å². The van der Waals surface area contributed by atoms with Crippen molar-refractivity contribution in [1.29, 1.82) is 0 Å². The minimum Gasteiger partial charge on any atom is -0.490 e. The molecule has 2 aliphatic heterocycles. The van der Waals surface area contributed by atoms with Crippen molar-refractivity contribution in [3.8, 4) is 5.75 Å². The van der Waals surface area contributed by atoms with E-state index in [1.807, 2.05) is 26.0 Å². The number of hydrogen-bond acceptors (Lipinski definition) is 6. The Hall–Kier alpha value is -3.03. The molecule has 2 saturated heterocycles. The maximum atomic E-state index is 11.9. The normalized spacial score (nSPS) is 21.7. The summed E-state index contributed by atoms with van der Waals surface area (Å²) >= 11 is 0. The van der Waals surface area contributed by atoms with Gasteiger partial charge in [0.1, 0.15) is 17.7 Å². The van der Waals surface area contributed by atoms with Crippen molar-refractivity contribution >= 4 is 28.6 Å². The fourth-order valence-electron chi connectivity index (χ4n) is 3.75. The lowest BCUT2D eigenvalue weighted by Crippen LogP contribution is -2.58. The van der Waals surface area contributed by atoms with Crippen molar-refractivity contribution in [2.75, 3.05) is 18.0 Å². The molecule has 8 nitrogen and oxygen atoms in total. The number of anilines is 1. The molecule has 142 valence electrons. The number of primary amides is 1. The number of benzene rings is 1. The van der Waals surface area contributed by atoms with Crippen molar-refractivity contribution in [2.24, 2.45) is 5.73 Å². The Labute approximate surface area is 156 Å². The van der Waals surface area contributed by atoms with Gasteiger partial charge in [0.05, 0.1) is 24.3 Å². The fourth-order valence-corrected chi connectivity index (χ4v) is 3.75. The van der Waals surface area contributed by atoms with Crippen molar-refractivity contribution in [3.05, 3.63) is 30.0 Å². The van der Waals surface area contributed by atoms with Crippen LogP contribution in [0.3, 0.4) is 0 Å². The lowest BCUT2D eigenvalue weighted by Gasteiger charge is -2.41. The molecule has 2 amide bonds. The van der Waals surface area contributed by atoms with Gasteiger partial charge in [0, 0.05) is 24.5 Å². The highest BCUT2D eigenvalue weighted by Crippen LogP contribution is 2.33. The van der Waals surface area contributed by atoms with Crippen LogP contribution in [-0.2, 0) is 4.74 Å². The fraction of sp³-hybridized carbons (Fsp3) is 0.421. The van der Waals surface area contributed by atoms with Crippen molar-refractivity contribution < 1.29 is 19.1 Å². The largest absolute Gasteiger partial charge is 0.490 e. The lowest BCUT2D eigenvalue weighted by molar-refractivity contribution is 0.0513. The summed E-state index contributed by atoms with van der Waals surface area (Å²) in [4.78, 5) is 30.1. The maximum absolute atomic E-state index is 11.9. The van der Waals surface area contributed by atoms with Crippen LogP contribution < -0.4 is 20.7 Å². The van der Waals surface area contributed by atoms with Gasteiger partial charge in [-0.1, -0.05) is 0 Å². The summed E-state index contributed by atoms with van der Waals surface area (Å²) in [6.45, 7) is 5.01. The molecule has 1 aromatic heterocycles. The van der Waals surface area contributed by atoms with E-state index in [9.17, 15) is 9.59 Å². The number of ether oxygens (including phenoxy) is 2. The van der Waals surface area contributed by atoms with E-state index in [4.69, 9.17) is 15.2 Å².